The highest BCUT2D eigenvalue weighted by molar-refractivity contribution is 5.75. The molecule has 1 aliphatic heterocycles. The van der Waals surface area contributed by atoms with Gasteiger partial charge in [-0.15, -0.1) is 0 Å². The smallest absolute Gasteiger partial charge is 0.100 e. The van der Waals surface area contributed by atoms with Gasteiger partial charge < -0.3 is 11.1 Å². The minimum atomic E-state index is -0.164. The first-order valence-electron chi connectivity index (χ1n) is 4.77. The fourth-order valence-corrected chi connectivity index (χ4v) is 1.47. The van der Waals surface area contributed by atoms with Gasteiger partial charge in [-0.1, -0.05) is 18.7 Å². The van der Waals surface area contributed by atoms with Crippen molar-refractivity contribution in [2.75, 3.05) is 0 Å². The normalized spacial score (nSPS) is 19.9. The van der Waals surface area contributed by atoms with Crippen molar-refractivity contribution in [2.45, 2.75) is 6.17 Å². The Morgan fingerprint density at radius 3 is 3.07 bits per heavy atom. The molecule has 1 aromatic heterocycles. The predicted octanol–water partition coefficient (Wildman–Crippen LogP) is 1.42. The van der Waals surface area contributed by atoms with E-state index in [9.17, 15) is 0 Å². The highest BCUT2D eigenvalue weighted by Crippen LogP contribution is 2.19. The van der Waals surface area contributed by atoms with Crippen LogP contribution in [0.25, 0.3) is 5.57 Å². The maximum atomic E-state index is 5.82. The summed E-state index contributed by atoms with van der Waals surface area (Å²) in [6.45, 7) is 3.73. The van der Waals surface area contributed by atoms with Gasteiger partial charge in [0.25, 0.3) is 0 Å². The van der Waals surface area contributed by atoms with E-state index in [1.54, 1.807) is 12.3 Å². The van der Waals surface area contributed by atoms with E-state index in [-0.39, 0.29) is 6.17 Å². The van der Waals surface area contributed by atoms with E-state index in [1.165, 1.54) is 0 Å². The van der Waals surface area contributed by atoms with Crippen molar-refractivity contribution in [3.05, 3.63) is 60.6 Å². The maximum absolute atomic E-state index is 5.82. The van der Waals surface area contributed by atoms with Gasteiger partial charge in [0.05, 0.1) is 0 Å². The quantitative estimate of drug-likeness (QED) is 0.757. The monoisotopic (exact) mass is 199 g/mol. The molecule has 2 heterocycles. The molecule has 2 rings (SSSR count). The van der Waals surface area contributed by atoms with Gasteiger partial charge in [-0.05, 0) is 23.3 Å². The molecular weight excluding hydrogens is 186 g/mol. The first-order valence-corrected chi connectivity index (χ1v) is 4.77. The molecule has 0 aliphatic carbocycles. The van der Waals surface area contributed by atoms with Gasteiger partial charge in [0.1, 0.15) is 6.17 Å². The van der Waals surface area contributed by atoms with Crippen LogP contribution in [-0.4, -0.2) is 11.1 Å². The fraction of sp³-hybridized carbons (Fsp3) is 0.0833. The lowest BCUT2D eigenvalue weighted by Crippen LogP contribution is -2.37. The minimum absolute atomic E-state index is 0.164. The largest absolute Gasteiger partial charge is 0.372 e. The van der Waals surface area contributed by atoms with Crippen LogP contribution in [0.4, 0.5) is 0 Å². The van der Waals surface area contributed by atoms with Gasteiger partial charge in [0, 0.05) is 24.2 Å². The second-order valence-corrected chi connectivity index (χ2v) is 3.33. The Labute approximate surface area is 89.0 Å². The summed E-state index contributed by atoms with van der Waals surface area (Å²) in [7, 11) is 0. The van der Waals surface area contributed by atoms with Crippen molar-refractivity contribution < 1.29 is 0 Å². The summed E-state index contributed by atoms with van der Waals surface area (Å²) in [6, 6.07) is 3.92. The number of hydrogen-bond donors (Lipinski definition) is 2. The zero-order chi connectivity index (χ0) is 10.7. The number of rotatable bonds is 2. The van der Waals surface area contributed by atoms with Crippen LogP contribution in [0.1, 0.15) is 5.56 Å². The van der Waals surface area contributed by atoms with Crippen LogP contribution in [0.5, 0.6) is 0 Å². The Bertz CT molecular complexity index is 418. The molecule has 3 N–H and O–H groups in total. The molecule has 0 aromatic carbocycles. The molecule has 1 aromatic rings. The lowest BCUT2D eigenvalue weighted by atomic mass is 10.0. The Morgan fingerprint density at radius 1 is 1.53 bits per heavy atom. The van der Waals surface area contributed by atoms with E-state index in [0.29, 0.717) is 0 Å². The molecule has 3 heteroatoms. The second kappa shape index (κ2) is 4.11. The molecule has 76 valence electrons. The molecule has 0 saturated carbocycles. The number of hydrogen-bond acceptors (Lipinski definition) is 3. The van der Waals surface area contributed by atoms with Crippen molar-refractivity contribution in [3.8, 4) is 0 Å². The van der Waals surface area contributed by atoms with Gasteiger partial charge >= 0.3 is 0 Å². The Hall–Kier alpha value is -1.87. The van der Waals surface area contributed by atoms with Gasteiger partial charge in [-0.2, -0.15) is 0 Å². The van der Waals surface area contributed by atoms with Gasteiger partial charge in [-0.3, -0.25) is 4.98 Å². The first-order chi connectivity index (χ1) is 7.31. The zero-order valence-corrected chi connectivity index (χ0v) is 8.35. The molecule has 0 spiro atoms. The molecule has 1 unspecified atom stereocenters. The highest BCUT2D eigenvalue weighted by atomic mass is 15.0. The highest BCUT2D eigenvalue weighted by Gasteiger charge is 2.11. The molecule has 0 fully saturated rings. The van der Waals surface area contributed by atoms with Crippen LogP contribution in [0.15, 0.2) is 55.0 Å². The number of nitrogens with zero attached hydrogens (tertiary/aromatic N) is 1. The van der Waals surface area contributed by atoms with E-state index in [1.807, 2.05) is 30.6 Å². The molecule has 0 saturated heterocycles. The van der Waals surface area contributed by atoms with Crippen LogP contribution < -0.4 is 11.1 Å². The molecular formula is C12H13N3. The molecule has 0 radical (unpaired) electrons. The van der Waals surface area contributed by atoms with E-state index in [4.69, 9.17) is 5.73 Å². The van der Waals surface area contributed by atoms with Crippen molar-refractivity contribution in [2.24, 2.45) is 5.73 Å². The second-order valence-electron chi connectivity index (χ2n) is 3.33. The van der Waals surface area contributed by atoms with Crippen molar-refractivity contribution in [1.29, 1.82) is 0 Å². The number of aromatic nitrogens is 1. The topological polar surface area (TPSA) is 50.9 Å². The van der Waals surface area contributed by atoms with Crippen LogP contribution in [0.2, 0.25) is 0 Å². The Balaban J connectivity index is 2.33. The number of allylic oxidation sites excluding steroid dienone is 2. The number of pyridine rings is 1. The van der Waals surface area contributed by atoms with Crippen molar-refractivity contribution >= 4 is 5.57 Å². The average molecular weight is 199 g/mol. The summed E-state index contributed by atoms with van der Waals surface area (Å²) in [6.07, 6.45) is 9.09. The van der Waals surface area contributed by atoms with Gasteiger partial charge in [0.2, 0.25) is 0 Å². The summed E-state index contributed by atoms with van der Waals surface area (Å²) < 4.78 is 0. The molecule has 0 amide bonds. The molecule has 15 heavy (non-hydrogen) atoms. The summed E-state index contributed by atoms with van der Waals surface area (Å²) in [5.41, 5.74) is 8.94. The van der Waals surface area contributed by atoms with E-state index >= 15 is 0 Å². The Kier molecular flexibility index (Phi) is 2.65. The third-order valence-corrected chi connectivity index (χ3v) is 2.33. The molecule has 1 aliphatic rings. The van der Waals surface area contributed by atoms with E-state index in [0.717, 1.165) is 16.7 Å². The van der Waals surface area contributed by atoms with Gasteiger partial charge in [0.15, 0.2) is 0 Å². The summed E-state index contributed by atoms with van der Waals surface area (Å²) >= 11 is 0. The first kappa shape index (κ1) is 9.68. The SMILES string of the molecule is C=CC1=CC(c2cccnc2)=CNC1N. The van der Waals surface area contributed by atoms with Crippen LogP contribution in [-0.2, 0) is 0 Å². The lowest BCUT2D eigenvalue weighted by molar-refractivity contribution is 0.704. The maximum Gasteiger partial charge on any atom is 0.100 e. The summed E-state index contributed by atoms with van der Waals surface area (Å²) in [4.78, 5) is 4.07. The lowest BCUT2D eigenvalue weighted by Gasteiger charge is -2.19. The predicted molar refractivity (Wildman–Crippen MR) is 61.6 cm³/mol. The van der Waals surface area contributed by atoms with Crippen molar-refractivity contribution in [3.63, 3.8) is 0 Å². The number of nitrogens with two attached hydrogens (primary N) is 1. The van der Waals surface area contributed by atoms with Crippen LogP contribution in [0, 0.1) is 0 Å². The van der Waals surface area contributed by atoms with Crippen LogP contribution in [0.3, 0.4) is 0 Å². The van der Waals surface area contributed by atoms with Crippen LogP contribution >= 0.6 is 0 Å². The zero-order valence-electron chi connectivity index (χ0n) is 8.35. The minimum Gasteiger partial charge on any atom is -0.372 e. The third-order valence-electron chi connectivity index (χ3n) is 2.33. The van der Waals surface area contributed by atoms with E-state index < -0.39 is 0 Å². The standard InChI is InChI=1S/C12H13N3/c1-2-9-6-11(8-15-12(9)13)10-4-3-5-14-7-10/h2-8,12,15H,1,13H2. The molecule has 0 bridgehead atoms. The third kappa shape index (κ3) is 1.97. The number of nitrogens with one attached hydrogen (secondary N) is 1. The molecule has 3 nitrogen and oxygen atoms in total. The average Bonchev–Trinajstić information content (AvgIpc) is 2.31. The molecule has 1 atom stereocenters. The Morgan fingerprint density at radius 2 is 2.40 bits per heavy atom. The number of dihydropyridines is 1. The van der Waals surface area contributed by atoms with E-state index in [2.05, 4.69) is 16.9 Å². The summed E-state index contributed by atoms with van der Waals surface area (Å²) in [5, 5.41) is 3.08. The fourth-order valence-electron chi connectivity index (χ4n) is 1.47. The van der Waals surface area contributed by atoms with Crippen molar-refractivity contribution in [1.82, 2.24) is 10.3 Å². The van der Waals surface area contributed by atoms with Gasteiger partial charge in [-0.25, -0.2) is 0 Å². The summed E-state index contributed by atoms with van der Waals surface area (Å²) in [5.74, 6) is 0.